The van der Waals surface area contributed by atoms with Crippen LogP contribution in [0, 0.1) is 0 Å². The first-order chi connectivity index (χ1) is 20.6. The summed E-state index contributed by atoms with van der Waals surface area (Å²) in [6, 6.07) is 35.2. The minimum absolute atomic E-state index is 0.0758. The molecule has 216 valence electrons. The maximum atomic E-state index is 14.2. The first-order valence-electron chi connectivity index (χ1n) is 14.1. The molecule has 0 spiro atoms. The van der Waals surface area contributed by atoms with Crippen LogP contribution in [0.3, 0.4) is 0 Å². The third-order valence-electron chi connectivity index (χ3n) is 7.13. The van der Waals surface area contributed by atoms with Crippen LogP contribution >= 0.6 is 15.9 Å². The number of aliphatic hydroxyl groups excluding tert-OH is 1. The Morgan fingerprint density at radius 2 is 1.62 bits per heavy atom. The van der Waals surface area contributed by atoms with Crippen LogP contribution in [0.5, 0.6) is 5.75 Å². The van der Waals surface area contributed by atoms with E-state index in [-0.39, 0.29) is 12.5 Å². The van der Waals surface area contributed by atoms with E-state index in [4.69, 9.17) is 19.6 Å². The lowest BCUT2D eigenvalue weighted by atomic mass is 9.82. The molecule has 3 N–H and O–H groups in total. The van der Waals surface area contributed by atoms with Crippen molar-refractivity contribution in [3.05, 3.63) is 136 Å². The van der Waals surface area contributed by atoms with Crippen LogP contribution in [0.4, 0.5) is 0 Å². The highest BCUT2D eigenvalue weighted by molar-refractivity contribution is 9.10. The van der Waals surface area contributed by atoms with Crippen LogP contribution in [0.1, 0.15) is 34.8 Å². The van der Waals surface area contributed by atoms with Gasteiger partial charge in [-0.3, -0.25) is 10.2 Å². The van der Waals surface area contributed by atoms with E-state index in [1.165, 1.54) is 5.56 Å². The minimum atomic E-state index is -1.30. The molecule has 8 heteroatoms. The van der Waals surface area contributed by atoms with Gasteiger partial charge in [0, 0.05) is 36.0 Å². The number of nitrogens with one attached hydrogen (secondary N) is 2. The molecule has 7 nitrogen and oxygen atoms in total. The molecule has 5 rings (SSSR count). The molecule has 1 heterocycles. The normalized spacial score (nSPS) is 17.8. The molecule has 1 aliphatic rings. The molecule has 0 aromatic heterocycles. The smallest absolute Gasteiger partial charge is 0.266 e. The predicted octanol–water partition coefficient (Wildman–Crippen LogP) is 5.57. The van der Waals surface area contributed by atoms with Crippen molar-refractivity contribution in [3.63, 3.8) is 0 Å². The summed E-state index contributed by atoms with van der Waals surface area (Å²) in [4.78, 5) is 19.3. The molecule has 2 atom stereocenters. The first kappa shape index (κ1) is 29.5. The SMILES string of the molecule is O=C(NNCCc1ccccc1)[C@@]1(Cc2ccccc2Br)N=C(c2ccc(OCCCO)cc2)O[C@H]1c1ccccc1. The van der Waals surface area contributed by atoms with Gasteiger partial charge in [-0.15, -0.1) is 0 Å². The summed E-state index contributed by atoms with van der Waals surface area (Å²) >= 11 is 3.67. The average molecular weight is 629 g/mol. The number of carbonyl (C=O) groups excluding carboxylic acids is 1. The van der Waals surface area contributed by atoms with E-state index in [9.17, 15) is 4.79 Å². The van der Waals surface area contributed by atoms with Crippen LogP contribution in [-0.4, -0.2) is 42.2 Å². The number of benzene rings is 4. The zero-order valence-corrected chi connectivity index (χ0v) is 24.8. The molecular formula is C34H34BrN3O4. The molecule has 0 unspecified atom stereocenters. The van der Waals surface area contributed by atoms with Crippen molar-refractivity contribution >= 4 is 27.7 Å². The van der Waals surface area contributed by atoms with Crippen molar-refractivity contribution in [2.75, 3.05) is 19.8 Å². The number of hydrazine groups is 1. The van der Waals surface area contributed by atoms with Gasteiger partial charge in [0.15, 0.2) is 11.6 Å². The Hall–Kier alpha value is -3.98. The van der Waals surface area contributed by atoms with Crippen LogP contribution in [0.25, 0.3) is 0 Å². The van der Waals surface area contributed by atoms with Crippen LogP contribution in [0.2, 0.25) is 0 Å². The largest absolute Gasteiger partial charge is 0.494 e. The molecule has 0 radical (unpaired) electrons. The van der Waals surface area contributed by atoms with Crippen LogP contribution < -0.4 is 15.6 Å². The number of nitrogens with zero attached hydrogens (tertiary/aromatic N) is 1. The Balaban J connectivity index is 1.47. The number of rotatable bonds is 13. The summed E-state index contributed by atoms with van der Waals surface area (Å²) < 4.78 is 13.2. The lowest BCUT2D eigenvalue weighted by Gasteiger charge is -2.31. The zero-order chi connectivity index (χ0) is 29.2. The van der Waals surface area contributed by atoms with E-state index in [2.05, 4.69) is 38.9 Å². The standard InChI is InChI=1S/C34H34BrN3O4/c35-30-15-8-7-14-28(30)24-34(33(40)38-36-21-20-25-10-3-1-4-11-25)31(26-12-5-2-6-13-26)42-32(37-34)27-16-18-29(19-17-27)41-23-9-22-39/h1-8,10-19,31,36,39H,9,20-24H2,(H,38,40)/t31-,34-/m0/s1. The Labute approximate surface area is 254 Å². The maximum absolute atomic E-state index is 14.2. The van der Waals surface area contributed by atoms with Gasteiger partial charge in [0.2, 0.25) is 5.90 Å². The Kier molecular flexibility index (Phi) is 10.0. The average Bonchev–Trinajstić information content (AvgIpc) is 3.42. The quantitative estimate of drug-likeness (QED) is 0.133. The Morgan fingerprint density at radius 3 is 2.33 bits per heavy atom. The number of hydrogen-bond acceptors (Lipinski definition) is 6. The number of halogens is 1. The topological polar surface area (TPSA) is 92.2 Å². The monoisotopic (exact) mass is 627 g/mol. The summed E-state index contributed by atoms with van der Waals surface area (Å²) in [5.74, 6) is 0.793. The van der Waals surface area contributed by atoms with Gasteiger partial charge in [0.1, 0.15) is 5.75 Å². The highest BCUT2D eigenvalue weighted by Gasteiger charge is 2.53. The van der Waals surface area contributed by atoms with Gasteiger partial charge in [-0.2, -0.15) is 0 Å². The fourth-order valence-corrected chi connectivity index (χ4v) is 5.37. The van der Waals surface area contributed by atoms with E-state index in [0.717, 1.165) is 27.6 Å². The van der Waals surface area contributed by atoms with Crippen molar-refractivity contribution in [1.82, 2.24) is 10.9 Å². The molecular weight excluding hydrogens is 594 g/mol. The molecule has 0 fully saturated rings. The van der Waals surface area contributed by atoms with Crippen molar-refractivity contribution in [2.24, 2.45) is 4.99 Å². The minimum Gasteiger partial charge on any atom is -0.494 e. The van der Waals surface area contributed by atoms with Gasteiger partial charge in [-0.05, 0) is 53.4 Å². The number of carbonyl (C=O) groups is 1. The molecule has 0 saturated carbocycles. The van der Waals surface area contributed by atoms with Crippen molar-refractivity contribution in [2.45, 2.75) is 30.9 Å². The molecule has 4 aromatic carbocycles. The van der Waals surface area contributed by atoms with Gasteiger partial charge in [0.05, 0.1) is 6.61 Å². The molecule has 0 saturated heterocycles. The van der Waals surface area contributed by atoms with Crippen molar-refractivity contribution in [1.29, 1.82) is 0 Å². The second kappa shape index (κ2) is 14.3. The summed E-state index contributed by atoms with van der Waals surface area (Å²) in [5.41, 5.74) is 8.50. The Morgan fingerprint density at radius 1 is 0.929 bits per heavy atom. The second-order valence-corrected chi connectivity index (χ2v) is 10.9. The lowest BCUT2D eigenvalue weighted by molar-refractivity contribution is -0.130. The van der Waals surface area contributed by atoms with Crippen molar-refractivity contribution in [3.8, 4) is 5.75 Å². The molecule has 0 bridgehead atoms. The summed E-state index contributed by atoms with van der Waals surface area (Å²) in [5, 5.41) is 9.04. The van der Waals surface area contributed by atoms with Crippen LogP contribution in [-0.2, 0) is 22.4 Å². The summed E-state index contributed by atoms with van der Waals surface area (Å²) in [6.45, 7) is 1.06. The molecule has 1 amide bonds. The highest BCUT2D eigenvalue weighted by atomic mass is 79.9. The molecule has 4 aromatic rings. The summed E-state index contributed by atoms with van der Waals surface area (Å²) in [7, 11) is 0. The summed E-state index contributed by atoms with van der Waals surface area (Å²) in [6.07, 6.45) is 0.962. The number of aliphatic imine (C=N–C) groups is 1. The molecule has 42 heavy (non-hydrogen) atoms. The third-order valence-corrected chi connectivity index (χ3v) is 7.91. The van der Waals surface area contributed by atoms with Gasteiger partial charge in [-0.1, -0.05) is 94.8 Å². The van der Waals surface area contributed by atoms with Gasteiger partial charge >= 0.3 is 0 Å². The van der Waals surface area contributed by atoms with E-state index in [0.29, 0.717) is 37.6 Å². The fraction of sp³-hybridized carbons (Fsp3) is 0.235. The predicted molar refractivity (Wildman–Crippen MR) is 167 cm³/mol. The number of hydrogen-bond donors (Lipinski definition) is 3. The highest BCUT2D eigenvalue weighted by Crippen LogP contribution is 2.43. The van der Waals surface area contributed by atoms with E-state index in [1.54, 1.807) is 0 Å². The van der Waals surface area contributed by atoms with Gasteiger partial charge in [-0.25, -0.2) is 10.4 Å². The first-order valence-corrected chi connectivity index (χ1v) is 14.8. The van der Waals surface area contributed by atoms with Gasteiger partial charge < -0.3 is 14.6 Å². The van der Waals surface area contributed by atoms with E-state index >= 15 is 0 Å². The van der Waals surface area contributed by atoms with Gasteiger partial charge in [0.25, 0.3) is 5.91 Å². The lowest BCUT2D eigenvalue weighted by Crippen LogP contribution is -2.54. The maximum Gasteiger partial charge on any atom is 0.266 e. The molecule has 1 aliphatic heterocycles. The fourth-order valence-electron chi connectivity index (χ4n) is 4.94. The molecule has 0 aliphatic carbocycles. The van der Waals surface area contributed by atoms with E-state index in [1.807, 2.05) is 97.1 Å². The number of ether oxygens (including phenoxy) is 2. The Bertz CT molecular complexity index is 1480. The second-order valence-electron chi connectivity index (χ2n) is 10.1. The van der Waals surface area contributed by atoms with Crippen LogP contribution in [0.15, 0.2) is 119 Å². The zero-order valence-electron chi connectivity index (χ0n) is 23.2. The number of amides is 1. The van der Waals surface area contributed by atoms with Crippen molar-refractivity contribution < 1.29 is 19.4 Å². The number of aliphatic hydroxyl groups is 1. The third kappa shape index (κ3) is 7.07. The van der Waals surface area contributed by atoms with E-state index < -0.39 is 11.6 Å².